The molecule has 2 aromatic carbocycles. The maximum absolute atomic E-state index is 13.3. The van der Waals surface area contributed by atoms with Gasteiger partial charge in [-0.15, -0.1) is 0 Å². The van der Waals surface area contributed by atoms with Crippen molar-refractivity contribution in [3.05, 3.63) is 64.3 Å². The lowest BCUT2D eigenvalue weighted by Gasteiger charge is -2.33. The molecule has 0 aliphatic heterocycles. The maximum Gasteiger partial charge on any atom is 0.195 e. The Morgan fingerprint density at radius 2 is 2.00 bits per heavy atom. The minimum atomic E-state index is -0.419. The second-order valence-electron chi connectivity index (χ2n) is 7.36. The third-order valence-corrected chi connectivity index (χ3v) is 5.42. The van der Waals surface area contributed by atoms with Crippen LogP contribution in [-0.4, -0.2) is 28.7 Å². The van der Waals surface area contributed by atoms with Crippen molar-refractivity contribution in [1.29, 1.82) is 5.26 Å². The molecule has 0 saturated heterocycles. The number of nitrogens with zero attached hydrogens (tertiary/aromatic N) is 2. The third-order valence-electron chi connectivity index (χ3n) is 5.42. The lowest BCUT2D eigenvalue weighted by molar-refractivity contribution is 0.103. The van der Waals surface area contributed by atoms with E-state index in [9.17, 15) is 10.1 Å². The van der Waals surface area contributed by atoms with Crippen molar-refractivity contribution in [2.24, 2.45) is 7.05 Å². The highest BCUT2D eigenvalue weighted by Crippen LogP contribution is 2.45. The molecule has 4 rings (SSSR count). The Bertz CT molecular complexity index is 1130. The molecule has 5 heteroatoms. The number of carbonyl (C=O) groups is 1. The number of rotatable bonds is 3. The minimum Gasteiger partial charge on any atom is -0.491 e. The summed E-state index contributed by atoms with van der Waals surface area (Å²) in [6.07, 6.45) is 0. The van der Waals surface area contributed by atoms with Gasteiger partial charge in [-0.05, 0) is 35.9 Å². The largest absolute Gasteiger partial charge is 0.491 e. The average molecular weight is 360 g/mol. The number of aliphatic hydroxyl groups is 1. The first-order chi connectivity index (χ1) is 12.9. The van der Waals surface area contributed by atoms with Gasteiger partial charge in [0.2, 0.25) is 0 Å². The van der Waals surface area contributed by atoms with E-state index in [1.165, 1.54) is 0 Å². The molecule has 0 spiro atoms. The van der Waals surface area contributed by atoms with Crippen LogP contribution in [0.1, 0.15) is 46.6 Å². The Morgan fingerprint density at radius 1 is 1.22 bits per heavy atom. The van der Waals surface area contributed by atoms with Crippen LogP contribution in [0.15, 0.2) is 36.4 Å². The van der Waals surface area contributed by atoms with Gasteiger partial charge in [-0.1, -0.05) is 19.9 Å². The number of benzene rings is 2. The fourth-order valence-electron chi connectivity index (χ4n) is 4.22. The number of hydrogen-bond acceptors (Lipinski definition) is 4. The lowest BCUT2D eigenvalue weighted by Crippen LogP contribution is -2.32. The van der Waals surface area contributed by atoms with Crippen LogP contribution in [0, 0.1) is 11.3 Å². The summed E-state index contributed by atoms with van der Waals surface area (Å²) in [7, 11) is 1.94. The van der Waals surface area contributed by atoms with Crippen molar-refractivity contribution in [3.63, 3.8) is 0 Å². The molecule has 27 heavy (non-hydrogen) atoms. The number of nitriles is 1. The van der Waals surface area contributed by atoms with Crippen LogP contribution in [0.3, 0.4) is 0 Å². The summed E-state index contributed by atoms with van der Waals surface area (Å²) in [5.74, 6) is 0.626. The van der Waals surface area contributed by atoms with Crippen LogP contribution in [0.2, 0.25) is 0 Å². The van der Waals surface area contributed by atoms with Crippen LogP contribution in [0.4, 0.5) is 0 Å². The van der Waals surface area contributed by atoms with E-state index in [2.05, 4.69) is 19.9 Å². The Kier molecular flexibility index (Phi) is 3.83. The fourth-order valence-corrected chi connectivity index (χ4v) is 4.22. The highest BCUT2D eigenvalue weighted by molar-refractivity contribution is 6.20. The zero-order chi connectivity index (χ0) is 19.3. The molecular formula is C22H20N2O3. The molecule has 0 bridgehead atoms. The molecule has 0 atom stereocenters. The van der Waals surface area contributed by atoms with Gasteiger partial charge in [0.15, 0.2) is 5.78 Å². The van der Waals surface area contributed by atoms with Gasteiger partial charge in [-0.25, -0.2) is 0 Å². The standard InChI is InChI=1S/C22H20N2O3/c1-22(2)17-11-14(27-9-8-25)5-7-15(17)20(26)19-16-6-4-13(12-23)10-18(16)24(3)21(19)22/h4-7,10-11,25H,8-9H2,1-3H3. The number of ether oxygens (including phenoxy) is 1. The Balaban J connectivity index is 1.99. The third kappa shape index (κ3) is 2.37. The molecule has 1 N–H and O–H groups in total. The molecule has 5 nitrogen and oxygen atoms in total. The fraction of sp³-hybridized carbons (Fsp3) is 0.273. The average Bonchev–Trinajstić information content (AvgIpc) is 2.97. The van der Waals surface area contributed by atoms with E-state index in [4.69, 9.17) is 9.84 Å². The molecule has 0 radical (unpaired) electrons. The van der Waals surface area contributed by atoms with Crippen molar-refractivity contribution >= 4 is 16.7 Å². The van der Waals surface area contributed by atoms with Gasteiger partial charge < -0.3 is 14.4 Å². The molecular weight excluding hydrogens is 340 g/mol. The summed E-state index contributed by atoms with van der Waals surface area (Å²) in [6, 6.07) is 13.1. The number of aryl methyl sites for hydroxylation is 1. The smallest absolute Gasteiger partial charge is 0.195 e. The number of ketones is 1. The summed E-state index contributed by atoms with van der Waals surface area (Å²) in [4.78, 5) is 13.3. The molecule has 0 unspecified atom stereocenters. The minimum absolute atomic E-state index is 0.0108. The van der Waals surface area contributed by atoms with E-state index in [1.54, 1.807) is 18.2 Å². The number of carbonyl (C=O) groups excluding carboxylic acids is 1. The first-order valence-electron chi connectivity index (χ1n) is 8.86. The quantitative estimate of drug-likeness (QED) is 0.778. The van der Waals surface area contributed by atoms with Crippen LogP contribution >= 0.6 is 0 Å². The molecule has 0 saturated carbocycles. The highest BCUT2D eigenvalue weighted by Gasteiger charge is 2.41. The Hall–Kier alpha value is -3.10. The summed E-state index contributed by atoms with van der Waals surface area (Å²) >= 11 is 0. The second-order valence-corrected chi connectivity index (χ2v) is 7.36. The molecule has 0 amide bonds. The molecule has 1 aliphatic carbocycles. The van der Waals surface area contributed by atoms with E-state index in [1.807, 2.05) is 29.8 Å². The molecule has 1 aromatic heterocycles. The van der Waals surface area contributed by atoms with Gasteiger partial charge in [0.05, 0.1) is 29.3 Å². The summed E-state index contributed by atoms with van der Waals surface area (Å²) in [5, 5.41) is 19.1. The normalized spacial score (nSPS) is 14.6. The number of fused-ring (bicyclic) bond motifs is 4. The summed E-state index contributed by atoms with van der Waals surface area (Å²) in [6.45, 7) is 4.34. The maximum atomic E-state index is 13.3. The molecule has 3 aromatic rings. The van der Waals surface area contributed by atoms with Crippen molar-refractivity contribution in [3.8, 4) is 11.8 Å². The molecule has 1 aliphatic rings. The van der Waals surface area contributed by atoms with Gasteiger partial charge in [-0.3, -0.25) is 4.79 Å². The van der Waals surface area contributed by atoms with E-state index in [-0.39, 0.29) is 19.0 Å². The van der Waals surface area contributed by atoms with E-state index >= 15 is 0 Å². The van der Waals surface area contributed by atoms with Crippen molar-refractivity contribution < 1.29 is 14.6 Å². The number of hydrogen-bond donors (Lipinski definition) is 1. The summed E-state index contributed by atoms with van der Waals surface area (Å²) < 4.78 is 7.57. The Morgan fingerprint density at radius 3 is 2.70 bits per heavy atom. The first kappa shape index (κ1) is 17.3. The van der Waals surface area contributed by atoms with Crippen LogP contribution in [0.25, 0.3) is 10.9 Å². The van der Waals surface area contributed by atoms with Crippen LogP contribution in [0.5, 0.6) is 5.75 Å². The monoisotopic (exact) mass is 360 g/mol. The Labute approximate surface area is 157 Å². The van der Waals surface area contributed by atoms with Crippen LogP contribution in [-0.2, 0) is 12.5 Å². The van der Waals surface area contributed by atoms with Gasteiger partial charge in [0.25, 0.3) is 0 Å². The second kappa shape index (κ2) is 5.97. The van der Waals surface area contributed by atoms with Gasteiger partial charge in [0, 0.05) is 29.1 Å². The first-order valence-corrected chi connectivity index (χ1v) is 8.86. The van der Waals surface area contributed by atoms with Crippen LogP contribution < -0.4 is 4.74 Å². The van der Waals surface area contributed by atoms with E-state index in [0.29, 0.717) is 22.4 Å². The van der Waals surface area contributed by atoms with E-state index < -0.39 is 5.41 Å². The topological polar surface area (TPSA) is 75.2 Å². The zero-order valence-corrected chi connectivity index (χ0v) is 15.5. The van der Waals surface area contributed by atoms with Gasteiger partial charge in [-0.2, -0.15) is 5.26 Å². The summed E-state index contributed by atoms with van der Waals surface area (Å²) in [5.41, 5.74) is 4.25. The predicted molar refractivity (Wildman–Crippen MR) is 102 cm³/mol. The van der Waals surface area contributed by atoms with Crippen molar-refractivity contribution in [2.45, 2.75) is 19.3 Å². The van der Waals surface area contributed by atoms with Gasteiger partial charge in [0.1, 0.15) is 12.4 Å². The predicted octanol–water partition coefficient (Wildman–Crippen LogP) is 3.29. The van der Waals surface area contributed by atoms with Crippen molar-refractivity contribution in [1.82, 2.24) is 4.57 Å². The highest BCUT2D eigenvalue weighted by atomic mass is 16.5. The van der Waals surface area contributed by atoms with Crippen molar-refractivity contribution in [2.75, 3.05) is 13.2 Å². The number of aromatic nitrogens is 1. The molecule has 0 fully saturated rings. The van der Waals surface area contributed by atoms with E-state index in [0.717, 1.165) is 22.2 Å². The van der Waals surface area contributed by atoms with Gasteiger partial charge >= 0.3 is 0 Å². The number of aliphatic hydroxyl groups excluding tert-OH is 1. The SMILES string of the molecule is Cn1c2c(c3ccc(C#N)cc31)C(=O)c1ccc(OCCO)cc1C2(C)C. The zero-order valence-electron chi connectivity index (χ0n) is 15.5. The lowest BCUT2D eigenvalue weighted by atomic mass is 9.71. The molecule has 1 heterocycles. The molecule has 136 valence electrons.